The van der Waals surface area contributed by atoms with E-state index in [0.717, 1.165) is 6.42 Å². The number of rotatable bonds is 3. The number of hydrogen-bond acceptors (Lipinski definition) is 5. The van der Waals surface area contributed by atoms with Crippen LogP contribution in [0.15, 0.2) is 35.4 Å². The van der Waals surface area contributed by atoms with Crippen molar-refractivity contribution in [2.24, 2.45) is 11.7 Å². The van der Waals surface area contributed by atoms with Gasteiger partial charge in [0.2, 0.25) is 5.71 Å². The van der Waals surface area contributed by atoms with E-state index in [9.17, 15) is 9.90 Å². The second kappa shape index (κ2) is 5.78. The van der Waals surface area contributed by atoms with E-state index in [1.54, 1.807) is 23.2 Å². The fraction of sp³-hybridized carbons (Fsp3) is 0.333. The maximum Gasteiger partial charge on any atom is 0.321 e. The third-order valence-corrected chi connectivity index (χ3v) is 3.84. The zero-order chi connectivity index (χ0) is 15.7. The van der Waals surface area contributed by atoms with Gasteiger partial charge in [0.15, 0.2) is 12.0 Å². The summed E-state index contributed by atoms with van der Waals surface area (Å²) >= 11 is 0. The number of nitrogens with two attached hydrogens (primary N) is 1. The lowest BCUT2D eigenvalue weighted by Crippen LogP contribution is -2.33. The molecular weight excluding hydrogens is 284 g/mol. The van der Waals surface area contributed by atoms with Crippen LogP contribution in [-0.2, 0) is 0 Å². The van der Waals surface area contributed by atoms with Crippen LogP contribution in [0.1, 0.15) is 18.4 Å². The number of nitrogens with one attached hydrogen (secondary N) is 1. The molecule has 3 heterocycles. The van der Waals surface area contributed by atoms with Crippen molar-refractivity contribution in [3.63, 3.8) is 0 Å². The number of urea groups is 1. The van der Waals surface area contributed by atoms with Crippen molar-refractivity contribution in [3.8, 4) is 0 Å². The lowest BCUT2D eigenvalue weighted by Gasteiger charge is -2.17. The van der Waals surface area contributed by atoms with Gasteiger partial charge in [-0.2, -0.15) is 0 Å². The number of pyridine rings is 1. The summed E-state index contributed by atoms with van der Waals surface area (Å²) in [6.07, 6.45) is 3.00. The number of aliphatic hydroxyl groups is 1. The first-order valence-electron chi connectivity index (χ1n) is 7.09. The second-order valence-electron chi connectivity index (χ2n) is 5.30. The minimum Gasteiger partial charge on any atom is -0.436 e. The average molecular weight is 302 g/mol. The number of furan rings is 1. The van der Waals surface area contributed by atoms with E-state index < -0.39 is 6.23 Å². The molecule has 7 nitrogen and oxygen atoms in total. The molecular formula is C15H18N4O3. The molecule has 0 spiro atoms. The predicted molar refractivity (Wildman–Crippen MR) is 82.1 cm³/mol. The fourth-order valence-electron chi connectivity index (χ4n) is 2.64. The van der Waals surface area contributed by atoms with Crippen LogP contribution in [0.3, 0.4) is 0 Å². The van der Waals surface area contributed by atoms with Gasteiger partial charge in [0.1, 0.15) is 0 Å². The number of aliphatic hydroxyl groups excluding tert-OH is 1. The number of fused-ring (bicyclic) bond motifs is 1. The number of nitrogens with zero attached hydrogens (tertiary/aromatic N) is 2. The summed E-state index contributed by atoms with van der Waals surface area (Å²) in [6, 6.07) is 3.23. The Bertz CT molecular complexity index is 710. The van der Waals surface area contributed by atoms with Crippen molar-refractivity contribution >= 4 is 22.8 Å². The van der Waals surface area contributed by atoms with Crippen molar-refractivity contribution < 1.29 is 14.3 Å². The van der Waals surface area contributed by atoms with E-state index in [2.05, 4.69) is 16.9 Å². The summed E-state index contributed by atoms with van der Waals surface area (Å²) < 4.78 is 5.43. The molecule has 2 amide bonds. The SMILES string of the molecule is C=CC1CCN(C(=O)Nc2c(C(N)O)oc3ncccc23)C1. The number of hydrogen-bond donors (Lipinski definition) is 3. The topological polar surface area (TPSA) is 105 Å². The van der Waals surface area contributed by atoms with Crippen LogP contribution >= 0.6 is 0 Å². The summed E-state index contributed by atoms with van der Waals surface area (Å²) in [5.41, 5.74) is 6.19. The van der Waals surface area contributed by atoms with Crippen LogP contribution < -0.4 is 11.1 Å². The summed E-state index contributed by atoms with van der Waals surface area (Å²) in [4.78, 5) is 18.2. The highest BCUT2D eigenvalue weighted by Crippen LogP contribution is 2.32. The molecule has 1 aliphatic heterocycles. The van der Waals surface area contributed by atoms with E-state index in [4.69, 9.17) is 10.2 Å². The molecule has 7 heteroatoms. The number of aromatic nitrogens is 1. The van der Waals surface area contributed by atoms with Gasteiger partial charge in [-0.25, -0.2) is 9.78 Å². The fourth-order valence-corrected chi connectivity index (χ4v) is 2.64. The van der Waals surface area contributed by atoms with Crippen LogP contribution in [0, 0.1) is 5.92 Å². The summed E-state index contributed by atoms with van der Waals surface area (Å²) in [5.74, 6) is 0.412. The molecule has 2 atom stereocenters. The molecule has 2 unspecified atom stereocenters. The number of amides is 2. The van der Waals surface area contributed by atoms with E-state index in [1.165, 1.54) is 0 Å². The second-order valence-corrected chi connectivity index (χ2v) is 5.30. The van der Waals surface area contributed by atoms with Gasteiger partial charge in [0, 0.05) is 19.3 Å². The number of anilines is 1. The van der Waals surface area contributed by atoms with Crippen molar-refractivity contribution in [3.05, 3.63) is 36.7 Å². The maximum atomic E-state index is 12.4. The van der Waals surface area contributed by atoms with Crippen LogP contribution in [-0.4, -0.2) is 34.1 Å². The quantitative estimate of drug-likeness (QED) is 0.592. The smallest absolute Gasteiger partial charge is 0.321 e. The first-order chi connectivity index (χ1) is 10.6. The molecule has 2 aromatic heterocycles. The Morgan fingerprint density at radius 1 is 1.68 bits per heavy atom. The average Bonchev–Trinajstić information content (AvgIpc) is 3.12. The molecule has 2 aromatic rings. The van der Waals surface area contributed by atoms with Gasteiger partial charge in [-0.15, -0.1) is 6.58 Å². The Morgan fingerprint density at radius 2 is 2.50 bits per heavy atom. The largest absolute Gasteiger partial charge is 0.436 e. The molecule has 22 heavy (non-hydrogen) atoms. The van der Waals surface area contributed by atoms with Crippen molar-refractivity contribution in [1.82, 2.24) is 9.88 Å². The normalized spacial score (nSPS) is 19.4. The van der Waals surface area contributed by atoms with Gasteiger partial charge in [-0.3, -0.25) is 5.73 Å². The van der Waals surface area contributed by atoms with Gasteiger partial charge in [-0.1, -0.05) is 6.08 Å². The van der Waals surface area contributed by atoms with Crippen LogP contribution in [0.4, 0.5) is 10.5 Å². The molecule has 1 fully saturated rings. The highest BCUT2D eigenvalue weighted by atomic mass is 16.4. The molecule has 0 saturated carbocycles. The molecule has 0 radical (unpaired) electrons. The Morgan fingerprint density at radius 3 is 3.18 bits per heavy atom. The molecule has 1 saturated heterocycles. The Balaban J connectivity index is 1.88. The third kappa shape index (κ3) is 2.56. The standard InChI is InChI=1S/C15H18N4O3/c1-2-9-5-7-19(8-9)15(21)18-11-10-4-3-6-17-14(10)22-12(11)13(16)20/h2-4,6,9,13,20H,1,5,7-8,16H2,(H,18,21). The van der Waals surface area contributed by atoms with E-state index in [1.807, 2.05) is 6.08 Å². The maximum absolute atomic E-state index is 12.4. The number of carbonyl (C=O) groups excluding carboxylic acids is 1. The van der Waals surface area contributed by atoms with Crippen LogP contribution in [0.2, 0.25) is 0 Å². The van der Waals surface area contributed by atoms with E-state index in [-0.39, 0.29) is 11.8 Å². The monoisotopic (exact) mass is 302 g/mol. The molecule has 4 N–H and O–H groups in total. The minimum absolute atomic E-state index is 0.0986. The number of carbonyl (C=O) groups is 1. The van der Waals surface area contributed by atoms with Gasteiger partial charge < -0.3 is 19.7 Å². The molecule has 3 rings (SSSR count). The van der Waals surface area contributed by atoms with Gasteiger partial charge in [-0.05, 0) is 24.5 Å². The molecule has 0 aliphatic carbocycles. The first kappa shape index (κ1) is 14.6. The molecule has 0 bridgehead atoms. The van der Waals surface area contributed by atoms with Crippen LogP contribution in [0.5, 0.6) is 0 Å². The highest BCUT2D eigenvalue weighted by molar-refractivity contribution is 6.00. The molecule has 1 aliphatic rings. The van der Waals surface area contributed by atoms with Crippen molar-refractivity contribution in [2.75, 3.05) is 18.4 Å². The predicted octanol–water partition coefficient (Wildman–Crippen LogP) is 1.82. The minimum atomic E-state index is -1.33. The highest BCUT2D eigenvalue weighted by Gasteiger charge is 2.27. The lowest BCUT2D eigenvalue weighted by molar-refractivity contribution is 0.160. The van der Waals surface area contributed by atoms with Gasteiger partial charge in [0.05, 0.1) is 11.1 Å². The van der Waals surface area contributed by atoms with Crippen molar-refractivity contribution in [1.29, 1.82) is 0 Å². The Hall–Kier alpha value is -2.38. The Kier molecular flexibility index (Phi) is 3.82. The molecule has 0 aromatic carbocycles. The first-order valence-corrected chi connectivity index (χ1v) is 7.09. The molecule has 116 valence electrons. The van der Waals surface area contributed by atoms with Crippen molar-refractivity contribution in [2.45, 2.75) is 12.6 Å². The third-order valence-electron chi connectivity index (χ3n) is 3.84. The van der Waals surface area contributed by atoms with Crippen LogP contribution in [0.25, 0.3) is 11.1 Å². The summed E-state index contributed by atoms with van der Waals surface area (Å²) in [5, 5.41) is 13.0. The summed E-state index contributed by atoms with van der Waals surface area (Å²) in [6.45, 7) is 5.05. The van der Waals surface area contributed by atoms with E-state index >= 15 is 0 Å². The van der Waals surface area contributed by atoms with Gasteiger partial charge >= 0.3 is 6.03 Å². The summed E-state index contributed by atoms with van der Waals surface area (Å²) in [7, 11) is 0. The zero-order valence-electron chi connectivity index (χ0n) is 12.0. The lowest BCUT2D eigenvalue weighted by atomic mass is 10.1. The number of likely N-dealkylation sites (tertiary alicyclic amines) is 1. The van der Waals surface area contributed by atoms with Gasteiger partial charge in [0.25, 0.3) is 0 Å². The zero-order valence-corrected chi connectivity index (χ0v) is 12.0. The van der Waals surface area contributed by atoms with E-state index in [0.29, 0.717) is 35.8 Å². The Labute approximate surface area is 127 Å².